The fraction of sp³-hybridized carbons (Fsp3) is 0.417. The number of hydrogen-bond acceptors (Lipinski definition) is 7. The van der Waals surface area contributed by atoms with Gasteiger partial charge in [0.25, 0.3) is 5.91 Å². The summed E-state index contributed by atoms with van der Waals surface area (Å²) in [5.41, 5.74) is 0.314. The molecule has 0 spiro atoms. The number of aryl methyl sites for hydroxylation is 1. The predicted molar refractivity (Wildman–Crippen MR) is 71.3 cm³/mol. The van der Waals surface area contributed by atoms with Gasteiger partial charge in [-0.25, -0.2) is 0 Å². The zero-order valence-corrected chi connectivity index (χ0v) is 11.6. The van der Waals surface area contributed by atoms with E-state index < -0.39 is 0 Å². The predicted octanol–water partition coefficient (Wildman–Crippen LogP) is 0.524. The lowest BCUT2D eigenvalue weighted by Gasteiger charge is -2.09. The summed E-state index contributed by atoms with van der Waals surface area (Å²) >= 11 is 0. The maximum absolute atomic E-state index is 11.6. The van der Waals surface area contributed by atoms with Crippen LogP contribution in [0.25, 0.3) is 0 Å². The van der Waals surface area contributed by atoms with Gasteiger partial charge in [-0.3, -0.25) is 4.79 Å². The van der Waals surface area contributed by atoms with Crippen molar-refractivity contribution in [3.8, 4) is 0 Å². The van der Waals surface area contributed by atoms with Crippen molar-refractivity contribution in [2.75, 3.05) is 26.0 Å². The maximum atomic E-state index is 11.6. The number of amides is 1. The van der Waals surface area contributed by atoms with Crippen LogP contribution in [0.4, 0.5) is 5.82 Å². The molecule has 0 bridgehead atoms. The molecule has 0 unspecified atom stereocenters. The van der Waals surface area contributed by atoms with Crippen LogP contribution in [0.1, 0.15) is 22.2 Å². The number of carbonyl (C=O) groups excluding carboxylic acids is 1. The standard InChI is InChI=1S/C12H16N6O2/c1-8-14-11(17-20-8)6-7-13-10-5-4-9(15-16-10)12(19)18(2)3/h4-5H,6-7H2,1-3H3,(H,13,16). The Kier molecular flexibility index (Phi) is 4.24. The molecule has 20 heavy (non-hydrogen) atoms. The highest BCUT2D eigenvalue weighted by atomic mass is 16.5. The van der Waals surface area contributed by atoms with Crippen molar-refractivity contribution in [2.24, 2.45) is 0 Å². The SMILES string of the molecule is Cc1nc(CCNc2ccc(C(=O)N(C)C)nn2)no1. The van der Waals surface area contributed by atoms with Crippen LogP contribution in [0.15, 0.2) is 16.7 Å². The lowest BCUT2D eigenvalue weighted by atomic mass is 10.3. The van der Waals surface area contributed by atoms with Gasteiger partial charge in [0.05, 0.1) is 0 Å². The summed E-state index contributed by atoms with van der Waals surface area (Å²) in [7, 11) is 3.34. The molecular weight excluding hydrogens is 260 g/mol. The highest BCUT2D eigenvalue weighted by Gasteiger charge is 2.10. The summed E-state index contributed by atoms with van der Waals surface area (Å²) in [6.07, 6.45) is 0.622. The first kappa shape index (κ1) is 13.9. The Morgan fingerprint density at radius 3 is 2.70 bits per heavy atom. The summed E-state index contributed by atoms with van der Waals surface area (Å²) in [6, 6.07) is 3.35. The van der Waals surface area contributed by atoms with E-state index in [-0.39, 0.29) is 5.91 Å². The minimum Gasteiger partial charge on any atom is -0.368 e. The lowest BCUT2D eigenvalue weighted by Crippen LogP contribution is -2.23. The zero-order valence-electron chi connectivity index (χ0n) is 11.6. The van der Waals surface area contributed by atoms with Gasteiger partial charge in [0, 0.05) is 34.0 Å². The monoisotopic (exact) mass is 276 g/mol. The number of carbonyl (C=O) groups is 1. The smallest absolute Gasteiger partial charge is 0.273 e. The molecule has 2 aromatic heterocycles. The van der Waals surface area contributed by atoms with Crippen molar-refractivity contribution in [2.45, 2.75) is 13.3 Å². The molecule has 0 saturated heterocycles. The molecule has 0 radical (unpaired) electrons. The first-order valence-electron chi connectivity index (χ1n) is 6.14. The van der Waals surface area contributed by atoms with Crippen molar-refractivity contribution < 1.29 is 9.32 Å². The highest BCUT2D eigenvalue weighted by molar-refractivity contribution is 5.91. The van der Waals surface area contributed by atoms with E-state index in [2.05, 4.69) is 25.7 Å². The summed E-state index contributed by atoms with van der Waals surface area (Å²) in [4.78, 5) is 17.2. The molecule has 8 nitrogen and oxygen atoms in total. The molecule has 0 fully saturated rings. The van der Waals surface area contributed by atoms with E-state index in [0.29, 0.717) is 36.2 Å². The molecule has 1 amide bonds. The van der Waals surface area contributed by atoms with Gasteiger partial charge in [-0.1, -0.05) is 5.16 Å². The van der Waals surface area contributed by atoms with E-state index in [1.54, 1.807) is 33.2 Å². The Hall–Kier alpha value is -2.51. The molecule has 2 rings (SSSR count). The van der Waals surface area contributed by atoms with Crippen molar-refractivity contribution in [1.29, 1.82) is 0 Å². The molecule has 0 aliphatic rings. The van der Waals surface area contributed by atoms with E-state index in [9.17, 15) is 4.79 Å². The molecule has 0 aliphatic heterocycles. The van der Waals surface area contributed by atoms with Crippen LogP contribution in [0.5, 0.6) is 0 Å². The van der Waals surface area contributed by atoms with Crippen molar-refractivity contribution in [3.63, 3.8) is 0 Å². The van der Waals surface area contributed by atoms with Gasteiger partial charge in [0.15, 0.2) is 11.5 Å². The molecule has 2 aromatic rings. The number of aromatic nitrogens is 4. The molecule has 0 aliphatic carbocycles. The third kappa shape index (κ3) is 3.50. The normalized spacial score (nSPS) is 10.3. The van der Waals surface area contributed by atoms with Crippen LogP contribution in [0.3, 0.4) is 0 Å². The van der Waals surface area contributed by atoms with Gasteiger partial charge < -0.3 is 14.7 Å². The van der Waals surface area contributed by atoms with Gasteiger partial charge in [0.1, 0.15) is 5.82 Å². The fourth-order valence-electron chi connectivity index (χ4n) is 1.51. The van der Waals surface area contributed by atoms with E-state index in [0.717, 1.165) is 0 Å². The van der Waals surface area contributed by atoms with Crippen LogP contribution in [-0.2, 0) is 6.42 Å². The van der Waals surface area contributed by atoms with E-state index in [4.69, 9.17) is 4.52 Å². The lowest BCUT2D eigenvalue weighted by molar-refractivity contribution is 0.0821. The first-order chi connectivity index (χ1) is 9.56. The Labute approximate surface area is 116 Å². The molecule has 106 valence electrons. The summed E-state index contributed by atoms with van der Waals surface area (Å²) in [5, 5.41) is 14.7. The van der Waals surface area contributed by atoms with E-state index in [1.165, 1.54) is 4.90 Å². The van der Waals surface area contributed by atoms with Gasteiger partial charge >= 0.3 is 0 Å². The van der Waals surface area contributed by atoms with Crippen LogP contribution in [-0.4, -0.2) is 51.8 Å². The summed E-state index contributed by atoms with van der Waals surface area (Å²) < 4.78 is 4.87. The number of hydrogen-bond donors (Lipinski definition) is 1. The summed E-state index contributed by atoms with van der Waals surface area (Å²) in [5.74, 6) is 1.61. The van der Waals surface area contributed by atoms with Crippen molar-refractivity contribution >= 4 is 11.7 Å². The molecule has 0 aromatic carbocycles. The van der Waals surface area contributed by atoms with E-state index >= 15 is 0 Å². The Balaban J connectivity index is 1.86. The van der Waals surface area contributed by atoms with Crippen molar-refractivity contribution in [1.82, 2.24) is 25.2 Å². The Morgan fingerprint density at radius 1 is 1.35 bits per heavy atom. The van der Waals surface area contributed by atoms with Gasteiger partial charge in [-0.2, -0.15) is 4.98 Å². The van der Waals surface area contributed by atoms with Gasteiger partial charge in [0.2, 0.25) is 5.89 Å². The molecule has 1 N–H and O–H groups in total. The number of nitrogens with zero attached hydrogens (tertiary/aromatic N) is 5. The average molecular weight is 276 g/mol. The minimum absolute atomic E-state index is 0.175. The van der Waals surface area contributed by atoms with Crippen LogP contribution < -0.4 is 5.32 Å². The van der Waals surface area contributed by atoms with Gasteiger partial charge in [-0.05, 0) is 12.1 Å². The summed E-state index contributed by atoms with van der Waals surface area (Å²) in [6.45, 7) is 2.35. The Bertz CT molecular complexity index is 578. The van der Waals surface area contributed by atoms with Crippen molar-refractivity contribution in [3.05, 3.63) is 29.5 Å². The number of nitrogens with one attached hydrogen (secondary N) is 1. The molecule has 8 heteroatoms. The van der Waals surface area contributed by atoms with Crippen LogP contribution >= 0.6 is 0 Å². The number of anilines is 1. The molecule has 0 saturated carbocycles. The second kappa shape index (κ2) is 6.09. The highest BCUT2D eigenvalue weighted by Crippen LogP contribution is 2.04. The third-order valence-corrected chi connectivity index (χ3v) is 2.51. The first-order valence-corrected chi connectivity index (χ1v) is 6.14. The fourth-order valence-corrected chi connectivity index (χ4v) is 1.51. The minimum atomic E-state index is -0.175. The second-order valence-corrected chi connectivity index (χ2v) is 4.41. The second-order valence-electron chi connectivity index (χ2n) is 4.41. The molecule has 0 atom stereocenters. The van der Waals surface area contributed by atoms with Gasteiger partial charge in [-0.15, -0.1) is 10.2 Å². The average Bonchev–Trinajstić information content (AvgIpc) is 2.84. The van der Waals surface area contributed by atoms with E-state index in [1.807, 2.05) is 0 Å². The maximum Gasteiger partial charge on any atom is 0.273 e. The zero-order chi connectivity index (χ0) is 14.5. The third-order valence-electron chi connectivity index (χ3n) is 2.51. The quantitative estimate of drug-likeness (QED) is 0.850. The van der Waals surface area contributed by atoms with Crippen LogP contribution in [0, 0.1) is 6.92 Å². The Morgan fingerprint density at radius 2 is 2.15 bits per heavy atom. The molecule has 2 heterocycles. The topological polar surface area (TPSA) is 97.0 Å². The van der Waals surface area contributed by atoms with Crippen LogP contribution in [0.2, 0.25) is 0 Å². The molecular formula is C12H16N6O2. The number of rotatable bonds is 5. The largest absolute Gasteiger partial charge is 0.368 e.